The molecule has 0 heterocycles. The van der Waals surface area contributed by atoms with Crippen molar-refractivity contribution in [1.29, 1.82) is 0 Å². The average molecular weight is 289 g/mol. The van der Waals surface area contributed by atoms with Gasteiger partial charge in [0.15, 0.2) is 0 Å². The van der Waals surface area contributed by atoms with Crippen molar-refractivity contribution in [1.82, 2.24) is 10.6 Å². The van der Waals surface area contributed by atoms with Gasteiger partial charge >= 0.3 is 6.09 Å². The van der Waals surface area contributed by atoms with Gasteiger partial charge in [-0.1, -0.05) is 6.92 Å². The van der Waals surface area contributed by atoms with Crippen LogP contribution in [0, 0.1) is 5.92 Å². The summed E-state index contributed by atoms with van der Waals surface area (Å²) in [5.74, 6) is 0.169. The van der Waals surface area contributed by atoms with E-state index < -0.39 is 11.7 Å². The maximum absolute atomic E-state index is 11.5. The Morgan fingerprint density at radius 2 is 1.95 bits per heavy atom. The fourth-order valence-corrected chi connectivity index (χ4v) is 1.63. The van der Waals surface area contributed by atoms with Gasteiger partial charge in [0.05, 0.1) is 0 Å². The van der Waals surface area contributed by atoms with Crippen LogP contribution in [0.25, 0.3) is 0 Å². The Morgan fingerprint density at radius 3 is 2.40 bits per heavy atom. The van der Waals surface area contributed by atoms with Gasteiger partial charge in [-0.05, 0) is 40.0 Å². The first-order valence-corrected chi connectivity index (χ1v) is 7.23. The second-order valence-corrected chi connectivity index (χ2v) is 6.27. The summed E-state index contributed by atoms with van der Waals surface area (Å²) in [5, 5.41) is 15.2. The maximum Gasteiger partial charge on any atom is 0.407 e. The van der Waals surface area contributed by atoms with Crippen LogP contribution >= 0.6 is 0 Å². The highest BCUT2D eigenvalue weighted by Crippen LogP contribution is 2.06. The van der Waals surface area contributed by atoms with E-state index in [0.717, 1.165) is 6.42 Å². The molecule has 0 aromatic carbocycles. The number of carbonyl (C=O) groups excluding carboxylic acids is 1. The number of rotatable bonds is 8. The third kappa shape index (κ3) is 9.12. The number of carbonyl (C=O) groups is 1. The molecule has 3 unspecified atom stereocenters. The molecule has 0 saturated heterocycles. The molecule has 1 amide bonds. The summed E-state index contributed by atoms with van der Waals surface area (Å²) in [6.07, 6.45) is 0.308. The van der Waals surface area contributed by atoms with E-state index in [2.05, 4.69) is 10.6 Å². The highest BCUT2D eigenvalue weighted by atomic mass is 16.6. The van der Waals surface area contributed by atoms with Crippen LogP contribution in [0.15, 0.2) is 0 Å². The zero-order valence-corrected chi connectivity index (χ0v) is 13.4. The smallest absolute Gasteiger partial charge is 0.407 e. The van der Waals surface area contributed by atoms with Crippen molar-refractivity contribution in [2.75, 3.05) is 19.7 Å². The number of alkyl carbamates (subject to hydrolysis) is 1. The Balaban J connectivity index is 3.99. The number of nitrogens with one attached hydrogen (secondary N) is 2. The predicted octanol–water partition coefficient (Wildman–Crippen LogP) is 0.835. The first-order valence-electron chi connectivity index (χ1n) is 7.23. The summed E-state index contributed by atoms with van der Waals surface area (Å²) in [6.45, 7) is 10.6. The number of hydrogen-bond acceptors (Lipinski definition) is 5. The molecule has 0 saturated carbocycles. The first-order chi connectivity index (χ1) is 9.19. The number of amides is 1. The molecule has 0 aliphatic rings. The average Bonchev–Trinajstić information content (AvgIpc) is 2.34. The minimum absolute atomic E-state index is 0.105. The summed E-state index contributed by atoms with van der Waals surface area (Å²) in [5.41, 5.74) is 5.23. The van der Waals surface area contributed by atoms with Crippen LogP contribution in [0.3, 0.4) is 0 Å². The Kier molecular flexibility index (Phi) is 8.76. The van der Waals surface area contributed by atoms with Gasteiger partial charge in [0.1, 0.15) is 5.60 Å². The normalized spacial score (nSPS) is 16.4. The minimum Gasteiger partial charge on any atom is -0.444 e. The number of hydrogen-bond donors (Lipinski definition) is 4. The van der Waals surface area contributed by atoms with Crippen LogP contribution in [0.1, 0.15) is 41.0 Å². The molecule has 0 aliphatic carbocycles. The van der Waals surface area contributed by atoms with Gasteiger partial charge in [-0.3, -0.25) is 0 Å². The molecule has 5 N–H and O–H groups in total. The monoisotopic (exact) mass is 289 g/mol. The lowest BCUT2D eigenvalue weighted by atomic mass is 10.0. The molecular weight excluding hydrogens is 258 g/mol. The minimum atomic E-state index is -0.485. The van der Waals surface area contributed by atoms with Crippen molar-refractivity contribution in [3.63, 3.8) is 0 Å². The summed E-state index contributed by atoms with van der Waals surface area (Å²) in [6, 6.07) is 0.281. The van der Waals surface area contributed by atoms with E-state index in [9.17, 15) is 4.79 Å². The van der Waals surface area contributed by atoms with Crippen molar-refractivity contribution >= 4 is 6.09 Å². The molecule has 0 aromatic rings. The molecule has 120 valence electrons. The van der Waals surface area contributed by atoms with Crippen molar-refractivity contribution in [2.45, 2.75) is 58.7 Å². The molecule has 0 rings (SSSR count). The summed E-state index contributed by atoms with van der Waals surface area (Å²) < 4.78 is 5.16. The molecule has 0 fully saturated rings. The van der Waals surface area contributed by atoms with Crippen molar-refractivity contribution < 1.29 is 14.6 Å². The molecule has 0 aliphatic heterocycles. The predicted molar refractivity (Wildman–Crippen MR) is 80.5 cm³/mol. The fraction of sp³-hybridized carbons (Fsp3) is 0.929. The van der Waals surface area contributed by atoms with Gasteiger partial charge in [0.25, 0.3) is 0 Å². The third-order valence-electron chi connectivity index (χ3n) is 3.09. The van der Waals surface area contributed by atoms with Gasteiger partial charge < -0.3 is 26.2 Å². The summed E-state index contributed by atoms with van der Waals surface area (Å²) in [7, 11) is 0. The lowest BCUT2D eigenvalue weighted by Crippen LogP contribution is -2.46. The molecule has 0 radical (unpaired) electrons. The molecule has 3 atom stereocenters. The molecule has 0 bridgehead atoms. The van der Waals surface area contributed by atoms with E-state index in [4.69, 9.17) is 15.6 Å². The van der Waals surface area contributed by atoms with Gasteiger partial charge in [-0.2, -0.15) is 0 Å². The summed E-state index contributed by atoms with van der Waals surface area (Å²) in [4.78, 5) is 11.5. The van der Waals surface area contributed by atoms with Gasteiger partial charge in [-0.25, -0.2) is 4.79 Å². The molecule has 0 spiro atoms. The van der Waals surface area contributed by atoms with Crippen molar-refractivity contribution in [2.24, 2.45) is 11.7 Å². The fourth-order valence-electron chi connectivity index (χ4n) is 1.63. The van der Waals surface area contributed by atoms with Crippen LogP contribution < -0.4 is 16.4 Å². The Labute approximate surface area is 122 Å². The van der Waals surface area contributed by atoms with Crippen LogP contribution in [0.5, 0.6) is 0 Å². The van der Waals surface area contributed by atoms with E-state index in [1.165, 1.54) is 0 Å². The van der Waals surface area contributed by atoms with Gasteiger partial charge in [0, 0.05) is 31.8 Å². The standard InChI is InChI=1S/C14H31N3O3/c1-10(9-18)11(2)17-12(8-15)6-7-16-13(19)20-14(3,4)5/h10-12,17-18H,6-9,15H2,1-5H3,(H,16,19). The highest BCUT2D eigenvalue weighted by molar-refractivity contribution is 5.67. The largest absolute Gasteiger partial charge is 0.444 e. The van der Waals surface area contributed by atoms with Crippen LogP contribution in [-0.4, -0.2) is 48.6 Å². The lowest BCUT2D eigenvalue weighted by Gasteiger charge is -2.26. The Morgan fingerprint density at radius 1 is 1.35 bits per heavy atom. The molecule has 20 heavy (non-hydrogen) atoms. The van der Waals surface area contributed by atoms with E-state index >= 15 is 0 Å². The van der Waals surface area contributed by atoms with E-state index in [1.807, 2.05) is 34.6 Å². The maximum atomic E-state index is 11.5. The number of aliphatic hydroxyl groups is 1. The Hall–Kier alpha value is -0.850. The quantitative estimate of drug-likeness (QED) is 0.531. The SMILES string of the molecule is CC(CO)C(C)NC(CN)CCNC(=O)OC(C)(C)C. The molecule has 6 nitrogen and oxygen atoms in total. The zero-order valence-electron chi connectivity index (χ0n) is 13.4. The van der Waals surface area contributed by atoms with Crippen LogP contribution in [-0.2, 0) is 4.74 Å². The lowest BCUT2D eigenvalue weighted by molar-refractivity contribution is 0.0525. The molecule has 0 aromatic heterocycles. The van der Waals surface area contributed by atoms with E-state index in [0.29, 0.717) is 13.1 Å². The Bertz CT molecular complexity index is 279. The topological polar surface area (TPSA) is 96.6 Å². The van der Waals surface area contributed by atoms with E-state index in [1.54, 1.807) is 0 Å². The van der Waals surface area contributed by atoms with E-state index in [-0.39, 0.29) is 24.6 Å². The highest BCUT2D eigenvalue weighted by Gasteiger charge is 2.18. The number of nitrogens with two attached hydrogens (primary N) is 1. The van der Waals surface area contributed by atoms with Gasteiger partial charge in [-0.15, -0.1) is 0 Å². The zero-order chi connectivity index (χ0) is 15.8. The second-order valence-electron chi connectivity index (χ2n) is 6.27. The first kappa shape index (κ1) is 19.1. The third-order valence-corrected chi connectivity index (χ3v) is 3.09. The molecular formula is C14H31N3O3. The molecule has 6 heteroatoms. The summed E-state index contributed by atoms with van der Waals surface area (Å²) >= 11 is 0. The second kappa shape index (κ2) is 9.15. The van der Waals surface area contributed by atoms with Crippen molar-refractivity contribution in [3.8, 4) is 0 Å². The van der Waals surface area contributed by atoms with Crippen LogP contribution in [0.2, 0.25) is 0 Å². The number of aliphatic hydroxyl groups excluding tert-OH is 1. The van der Waals surface area contributed by atoms with Crippen LogP contribution in [0.4, 0.5) is 4.79 Å². The van der Waals surface area contributed by atoms with Gasteiger partial charge in [0.2, 0.25) is 0 Å². The van der Waals surface area contributed by atoms with Crippen molar-refractivity contribution in [3.05, 3.63) is 0 Å². The number of ether oxygens (including phenoxy) is 1.